The van der Waals surface area contributed by atoms with Crippen molar-refractivity contribution in [3.05, 3.63) is 35.8 Å². The standard InChI is InChI=1S/C9H9BrN2/c1-7-4-8(5-10)6-12-3-2-11-9(7)12/h2-4,6H,5H2,1H3. The normalized spacial score (nSPS) is 10.8. The Morgan fingerprint density at radius 2 is 2.42 bits per heavy atom. The zero-order chi connectivity index (χ0) is 8.55. The van der Waals surface area contributed by atoms with E-state index in [-0.39, 0.29) is 0 Å². The molecule has 2 rings (SSSR count). The van der Waals surface area contributed by atoms with Crippen LogP contribution in [0.1, 0.15) is 11.1 Å². The van der Waals surface area contributed by atoms with Crippen molar-refractivity contribution in [2.24, 2.45) is 0 Å². The van der Waals surface area contributed by atoms with Crippen LogP contribution in [0.5, 0.6) is 0 Å². The van der Waals surface area contributed by atoms with E-state index in [1.165, 1.54) is 11.1 Å². The van der Waals surface area contributed by atoms with Crippen LogP contribution in [0.25, 0.3) is 5.65 Å². The first-order valence-corrected chi connectivity index (χ1v) is 4.91. The van der Waals surface area contributed by atoms with Gasteiger partial charge in [-0.15, -0.1) is 0 Å². The molecule has 3 heteroatoms. The van der Waals surface area contributed by atoms with Crippen LogP contribution in [0, 0.1) is 6.92 Å². The Kier molecular flexibility index (Phi) is 1.89. The molecule has 2 aromatic heterocycles. The predicted molar refractivity (Wildman–Crippen MR) is 52.6 cm³/mol. The van der Waals surface area contributed by atoms with Crippen LogP contribution < -0.4 is 0 Å². The minimum Gasteiger partial charge on any atom is -0.307 e. The molecule has 12 heavy (non-hydrogen) atoms. The molecular formula is C9H9BrN2. The van der Waals surface area contributed by atoms with Gasteiger partial charge in [0.25, 0.3) is 0 Å². The third-order valence-electron chi connectivity index (χ3n) is 1.88. The highest BCUT2D eigenvalue weighted by atomic mass is 79.9. The van der Waals surface area contributed by atoms with Crippen LogP contribution in [0.4, 0.5) is 0 Å². The highest BCUT2D eigenvalue weighted by Crippen LogP contribution is 2.12. The molecule has 0 N–H and O–H groups in total. The van der Waals surface area contributed by atoms with E-state index in [2.05, 4.69) is 40.1 Å². The van der Waals surface area contributed by atoms with E-state index in [0.717, 1.165) is 11.0 Å². The Labute approximate surface area is 79.4 Å². The van der Waals surface area contributed by atoms with Gasteiger partial charge in [0.15, 0.2) is 0 Å². The number of nitrogens with zero attached hydrogens (tertiary/aromatic N) is 2. The summed E-state index contributed by atoms with van der Waals surface area (Å²) in [5.41, 5.74) is 3.54. The summed E-state index contributed by atoms with van der Waals surface area (Å²) in [6.45, 7) is 2.08. The van der Waals surface area contributed by atoms with Crippen LogP contribution in [-0.2, 0) is 5.33 Å². The summed E-state index contributed by atoms with van der Waals surface area (Å²) < 4.78 is 2.05. The smallest absolute Gasteiger partial charge is 0.139 e. The Balaban J connectivity index is 2.75. The molecule has 0 aliphatic heterocycles. The molecule has 0 aliphatic carbocycles. The number of hydrogen-bond acceptors (Lipinski definition) is 1. The number of rotatable bonds is 1. The van der Waals surface area contributed by atoms with Gasteiger partial charge in [-0.2, -0.15) is 0 Å². The SMILES string of the molecule is Cc1cc(CBr)cn2ccnc12. The largest absolute Gasteiger partial charge is 0.307 e. The van der Waals surface area contributed by atoms with Gasteiger partial charge in [0.1, 0.15) is 5.65 Å². The van der Waals surface area contributed by atoms with E-state index in [1.807, 2.05) is 16.8 Å². The number of pyridine rings is 1. The van der Waals surface area contributed by atoms with Gasteiger partial charge < -0.3 is 4.40 Å². The van der Waals surface area contributed by atoms with Gasteiger partial charge in [-0.25, -0.2) is 4.98 Å². The summed E-state index contributed by atoms with van der Waals surface area (Å²) in [6.07, 6.45) is 5.87. The number of halogens is 1. The van der Waals surface area contributed by atoms with E-state index in [4.69, 9.17) is 0 Å². The number of alkyl halides is 1. The van der Waals surface area contributed by atoms with Gasteiger partial charge in [0.2, 0.25) is 0 Å². The molecule has 0 bridgehead atoms. The van der Waals surface area contributed by atoms with E-state index < -0.39 is 0 Å². The second kappa shape index (κ2) is 2.90. The molecule has 0 aliphatic rings. The van der Waals surface area contributed by atoms with Crippen LogP contribution in [0.2, 0.25) is 0 Å². The summed E-state index contributed by atoms with van der Waals surface area (Å²) >= 11 is 3.43. The predicted octanol–water partition coefficient (Wildman–Crippen LogP) is 2.54. The van der Waals surface area contributed by atoms with E-state index in [9.17, 15) is 0 Å². The third-order valence-corrected chi connectivity index (χ3v) is 2.53. The average Bonchev–Trinajstić information content (AvgIpc) is 2.52. The van der Waals surface area contributed by atoms with E-state index in [1.54, 1.807) is 0 Å². The topological polar surface area (TPSA) is 17.3 Å². The van der Waals surface area contributed by atoms with Crippen LogP contribution in [-0.4, -0.2) is 9.38 Å². The minimum atomic E-state index is 0.891. The van der Waals surface area contributed by atoms with Gasteiger partial charge >= 0.3 is 0 Å². The molecule has 0 atom stereocenters. The van der Waals surface area contributed by atoms with Crippen molar-refractivity contribution in [1.82, 2.24) is 9.38 Å². The van der Waals surface area contributed by atoms with Crippen LogP contribution in [0.15, 0.2) is 24.7 Å². The minimum absolute atomic E-state index is 0.891. The highest BCUT2D eigenvalue weighted by Gasteiger charge is 1.99. The molecule has 0 saturated heterocycles. The van der Waals surface area contributed by atoms with Crippen molar-refractivity contribution >= 4 is 21.6 Å². The summed E-state index contributed by atoms with van der Waals surface area (Å²) in [6, 6.07) is 2.15. The van der Waals surface area contributed by atoms with Gasteiger partial charge in [0.05, 0.1) is 0 Å². The molecule has 2 heterocycles. The molecule has 0 radical (unpaired) electrons. The van der Waals surface area contributed by atoms with Gasteiger partial charge in [-0.05, 0) is 18.1 Å². The van der Waals surface area contributed by atoms with Crippen molar-refractivity contribution < 1.29 is 0 Å². The second-order valence-electron chi connectivity index (χ2n) is 2.82. The summed E-state index contributed by atoms with van der Waals surface area (Å²) in [5, 5.41) is 0.891. The quantitative estimate of drug-likeness (QED) is 0.681. The maximum Gasteiger partial charge on any atom is 0.139 e. The fourth-order valence-corrected chi connectivity index (χ4v) is 1.66. The summed E-state index contributed by atoms with van der Waals surface area (Å²) in [5.74, 6) is 0. The second-order valence-corrected chi connectivity index (χ2v) is 3.38. The first-order chi connectivity index (χ1) is 5.81. The number of fused-ring (bicyclic) bond motifs is 1. The third kappa shape index (κ3) is 1.14. The Morgan fingerprint density at radius 1 is 1.58 bits per heavy atom. The van der Waals surface area contributed by atoms with Crippen molar-refractivity contribution in [2.75, 3.05) is 0 Å². The number of aromatic nitrogens is 2. The highest BCUT2D eigenvalue weighted by molar-refractivity contribution is 9.08. The van der Waals surface area contributed by atoms with E-state index in [0.29, 0.717) is 0 Å². The van der Waals surface area contributed by atoms with Gasteiger partial charge in [0, 0.05) is 23.9 Å². The average molecular weight is 225 g/mol. The first kappa shape index (κ1) is 7.80. The molecule has 0 fully saturated rings. The summed E-state index contributed by atoms with van der Waals surface area (Å²) in [7, 11) is 0. The van der Waals surface area contributed by atoms with E-state index >= 15 is 0 Å². The Morgan fingerprint density at radius 3 is 3.17 bits per heavy atom. The maximum absolute atomic E-state index is 4.24. The number of aryl methyl sites for hydroxylation is 1. The lowest BCUT2D eigenvalue weighted by atomic mass is 10.2. The molecule has 0 saturated carbocycles. The molecule has 2 nitrogen and oxygen atoms in total. The van der Waals surface area contributed by atoms with Crippen molar-refractivity contribution in [3.8, 4) is 0 Å². The number of imidazole rings is 1. The Hall–Kier alpha value is -0.830. The molecule has 2 aromatic rings. The molecule has 0 unspecified atom stereocenters. The Bertz CT molecular complexity index is 406. The van der Waals surface area contributed by atoms with Gasteiger partial charge in [-0.1, -0.05) is 22.0 Å². The number of hydrogen-bond donors (Lipinski definition) is 0. The van der Waals surface area contributed by atoms with Crippen LogP contribution >= 0.6 is 15.9 Å². The van der Waals surface area contributed by atoms with Crippen LogP contribution in [0.3, 0.4) is 0 Å². The van der Waals surface area contributed by atoms with Gasteiger partial charge in [-0.3, -0.25) is 0 Å². The fourth-order valence-electron chi connectivity index (χ4n) is 1.35. The lowest BCUT2D eigenvalue weighted by molar-refractivity contribution is 1.13. The van der Waals surface area contributed by atoms with Crippen molar-refractivity contribution in [3.63, 3.8) is 0 Å². The zero-order valence-corrected chi connectivity index (χ0v) is 8.37. The molecule has 0 aromatic carbocycles. The lowest BCUT2D eigenvalue weighted by Crippen LogP contribution is -1.90. The summed E-state index contributed by atoms with van der Waals surface area (Å²) in [4.78, 5) is 4.24. The van der Waals surface area contributed by atoms with Crippen molar-refractivity contribution in [2.45, 2.75) is 12.3 Å². The zero-order valence-electron chi connectivity index (χ0n) is 6.79. The van der Waals surface area contributed by atoms with Crippen molar-refractivity contribution in [1.29, 1.82) is 0 Å². The molecular weight excluding hydrogens is 216 g/mol. The molecule has 62 valence electrons. The monoisotopic (exact) mass is 224 g/mol. The molecule has 0 amide bonds. The first-order valence-electron chi connectivity index (χ1n) is 3.79. The fraction of sp³-hybridized carbons (Fsp3) is 0.222. The molecule has 0 spiro atoms. The maximum atomic E-state index is 4.24. The lowest BCUT2D eigenvalue weighted by Gasteiger charge is -2.01.